The summed E-state index contributed by atoms with van der Waals surface area (Å²) >= 11 is 0. The third-order valence-corrected chi connectivity index (χ3v) is 5.85. The standard InChI is InChI=1S/C26H24FNO4/c27-21-6-2-1-5-20(21)23-12-9-19(32-23)10-13-26(29)28-14-3-7-22(28)18-8-11-24-25(17-18)31-16-4-15-30-24/h1-2,5-6,8-13,17,22H,3-4,7,14-16H2/b13-10+. The van der Waals surface area contributed by atoms with Gasteiger partial charge in [-0.2, -0.15) is 0 Å². The molecule has 1 unspecified atom stereocenters. The molecule has 1 fully saturated rings. The summed E-state index contributed by atoms with van der Waals surface area (Å²) in [6, 6.07) is 15.8. The summed E-state index contributed by atoms with van der Waals surface area (Å²) in [5.74, 6) is 2.01. The number of amides is 1. The molecule has 0 bridgehead atoms. The Morgan fingerprint density at radius 2 is 1.84 bits per heavy atom. The number of carbonyl (C=O) groups excluding carboxylic acids is 1. The summed E-state index contributed by atoms with van der Waals surface area (Å²) in [6.07, 6.45) is 5.85. The monoisotopic (exact) mass is 433 g/mol. The topological polar surface area (TPSA) is 51.9 Å². The fraction of sp³-hybridized carbons (Fsp3) is 0.269. The summed E-state index contributed by atoms with van der Waals surface area (Å²) < 4.78 is 31.2. The second-order valence-electron chi connectivity index (χ2n) is 7.96. The smallest absolute Gasteiger partial charge is 0.247 e. The maximum atomic E-state index is 14.0. The fourth-order valence-electron chi connectivity index (χ4n) is 4.26. The zero-order valence-corrected chi connectivity index (χ0v) is 17.6. The molecule has 5 rings (SSSR count). The van der Waals surface area contributed by atoms with E-state index in [0.29, 0.717) is 36.8 Å². The number of rotatable bonds is 4. The number of furan rings is 1. The van der Waals surface area contributed by atoms with Crippen molar-refractivity contribution < 1.29 is 23.1 Å². The van der Waals surface area contributed by atoms with Gasteiger partial charge in [-0.1, -0.05) is 18.2 Å². The minimum Gasteiger partial charge on any atom is -0.490 e. The SMILES string of the molecule is O=C(/C=C/c1ccc(-c2ccccc2F)o1)N1CCCC1c1ccc2c(c1)OCCCO2. The second-order valence-corrected chi connectivity index (χ2v) is 7.96. The molecule has 1 atom stereocenters. The van der Waals surface area contributed by atoms with Gasteiger partial charge in [-0.3, -0.25) is 4.79 Å². The fourth-order valence-corrected chi connectivity index (χ4v) is 4.26. The van der Waals surface area contributed by atoms with Crippen LogP contribution in [0.15, 0.2) is 65.1 Å². The molecular formula is C26H24FNO4. The quantitative estimate of drug-likeness (QED) is 0.501. The summed E-state index contributed by atoms with van der Waals surface area (Å²) in [4.78, 5) is 14.8. The van der Waals surface area contributed by atoms with Crippen molar-refractivity contribution >= 4 is 12.0 Å². The molecule has 1 amide bonds. The Labute approximate surface area is 186 Å². The van der Waals surface area contributed by atoms with Crippen LogP contribution in [0.1, 0.15) is 36.6 Å². The Balaban J connectivity index is 1.31. The van der Waals surface area contributed by atoms with Gasteiger partial charge < -0.3 is 18.8 Å². The summed E-state index contributed by atoms with van der Waals surface area (Å²) in [6.45, 7) is 1.97. The number of nitrogens with zero attached hydrogens (tertiary/aromatic N) is 1. The van der Waals surface area contributed by atoms with Crippen molar-refractivity contribution in [1.82, 2.24) is 4.90 Å². The van der Waals surface area contributed by atoms with Crippen molar-refractivity contribution in [2.24, 2.45) is 0 Å². The lowest BCUT2D eigenvalue weighted by molar-refractivity contribution is -0.126. The molecule has 2 aliphatic rings. The molecule has 32 heavy (non-hydrogen) atoms. The van der Waals surface area contributed by atoms with Crippen LogP contribution in [-0.4, -0.2) is 30.6 Å². The molecule has 3 aromatic rings. The molecule has 5 nitrogen and oxygen atoms in total. The highest BCUT2D eigenvalue weighted by Gasteiger charge is 2.29. The van der Waals surface area contributed by atoms with E-state index < -0.39 is 0 Å². The Hall–Kier alpha value is -3.54. The van der Waals surface area contributed by atoms with Gasteiger partial charge >= 0.3 is 0 Å². The molecule has 2 aromatic carbocycles. The summed E-state index contributed by atoms with van der Waals surface area (Å²) in [5.41, 5.74) is 1.45. The maximum absolute atomic E-state index is 14.0. The van der Waals surface area contributed by atoms with E-state index in [0.717, 1.165) is 36.3 Å². The van der Waals surface area contributed by atoms with E-state index in [2.05, 4.69) is 0 Å². The van der Waals surface area contributed by atoms with E-state index in [1.165, 1.54) is 12.1 Å². The number of likely N-dealkylation sites (tertiary alicyclic amines) is 1. The van der Waals surface area contributed by atoms with Gasteiger partial charge in [0.25, 0.3) is 0 Å². The lowest BCUT2D eigenvalue weighted by atomic mass is 10.0. The third-order valence-electron chi connectivity index (χ3n) is 5.85. The lowest BCUT2D eigenvalue weighted by Crippen LogP contribution is -2.28. The van der Waals surface area contributed by atoms with Gasteiger partial charge in [0, 0.05) is 19.0 Å². The Morgan fingerprint density at radius 1 is 1.00 bits per heavy atom. The molecule has 2 aliphatic heterocycles. The van der Waals surface area contributed by atoms with Gasteiger partial charge in [-0.15, -0.1) is 0 Å². The first-order valence-corrected chi connectivity index (χ1v) is 10.9. The largest absolute Gasteiger partial charge is 0.490 e. The van der Waals surface area contributed by atoms with Gasteiger partial charge in [0.2, 0.25) is 5.91 Å². The highest BCUT2D eigenvalue weighted by Crippen LogP contribution is 2.38. The number of carbonyl (C=O) groups is 1. The third kappa shape index (κ3) is 4.13. The minimum absolute atomic E-state index is 0.00474. The number of fused-ring (bicyclic) bond motifs is 1. The lowest BCUT2D eigenvalue weighted by Gasteiger charge is -2.24. The van der Waals surface area contributed by atoms with E-state index >= 15 is 0 Å². The van der Waals surface area contributed by atoms with Gasteiger partial charge in [-0.05, 0) is 60.9 Å². The highest BCUT2D eigenvalue weighted by atomic mass is 19.1. The molecule has 0 spiro atoms. The maximum Gasteiger partial charge on any atom is 0.247 e. The molecule has 1 aromatic heterocycles. The molecule has 3 heterocycles. The van der Waals surface area contributed by atoms with Crippen LogP contribution in [0.5, 0.6) is 11.5 Å². The van der Waals surface area contributed by atoms with Crippen molar-refractivity contribution in [3.8, 4) is 22.8 Å². The minimum atomic E-state index is -0.344. The predicted molar refractivity (Wildman–Crippen MR) is 119 cm³/mol. The first-order valence-electron chi connectivity index (χ1n) is 10.9. The van der Waals surface area contributed by atoms with Crippen LogP contribution in [0.4, 0.5) is 4.39 Å². The van der Waals surface area contributed by atoms with E-state index in [-0.39, 0.29) is 17.8 Å². The van der Waals surface area contributed by atoms with Crippen LogP contribution in [0.3, 0.4) is 0 Å². The zero-order valence-electron chi connectivity index (χ0n) is 17.6. The van der Waals surface area contributed by atoms with Crippen molar-refractivity contribution in [3.63, 3.8) is 0 Å². The summed E-state index contributed by atoms with van der Waals surface area (Å²) in [5, 5.41) is 0. The first-order chi connectivity index (χ1) is 15.7. The molecular weight excluding hydrogens is 409 g/mol. The molecule has 0 radical (unpaired) electrons. The average Bonchev–Trinajstić information content (AvgIpc) is 3.43. The second kappa shape index (κ2) is 8.91. The van der Waals surface area contributed by atoms with Gasteiger partial charge in [0.1, 0.15) is 17.3 Å². The Kier molecular flexibility index (Phi) is 5.67. The summed E-state index contributed by atoms with van der Waals surface area (Å²) in [7, 11) is 0. The van der Waals surface area contributed by atoms with Crippen LogP contribution in [0.2, 0.25) is 0 Å². The van der Waals surface area contributed by atoms with Crippen molar-refractivity contribution in [1.29, 1.82) is 0 Å². The average molecular weight is 433 g/mol. The van der Waals surface area contributed by atoms with E-state index in [1.807, 2.05) is 23.1 Å². The van der Waals surface area contributed by atoms with E-state index in [1.54, 1.807) is 36.4 Å². The van der Waals surface area contributed by atoms with Crippen LogP contribution in [0.25, 0.3) is 17.4 Å². The van der Waals surface area contributed by atoms with E-state index in [9.17, 15) is 9.18 Å². The van der Waals surface area contributed by atoms with E-state index in [4.69, 9.17) is 13.9 Å². The van der Waals surface area contributed by atoms with Gasteiger partial charge in [-0.25, -0.2) is 4.39 Å². The number of ether oxygens (including phenoxy) is 2. The molecule has 164 valence electrons. The molecule has 1 saturated heterocycles. The number of benzene rings is 2. The predicted octanol–water partition coefficient (Wildman–Crippen LogP) is 5.62. The molecule has 0 saturated carbocycles. The normalized spacial score (nSPS) is 18.2. The van der Waals surface area contributed by atoms with Crippen molar-refractivity contribution in [3.05, 3.63) is 77.8 Å². The Morgan fingerprint density at radius 3 is 2.72 bits per heavy atom. The molecule has 6 heteroatoms. The van der Waals surface area contributed by atoms with Crippen LogP contribution >= 0.6 is 0 Å². The zero-order chi connectivity index (χ0) is 21.9. The highest BCUT2D eigenvalue weighted by molar-refractivity contribution is 5.92. The van der Waals surface area contributed by atoms with Gasteiger partial charge in [0.05, 0.1) is 24.8 Å². The van der Waals surface area contributed by atoms with Gasteiger partial charge in [0.15, 0.2) is 11.5 Å². The first kappa shape index (κ1) is 20.4. The Bertz CT molecular complexity index is 1150. The number of hydrogen-bond donors (Lipinski definition) is 0. The van der Waals surface area contributed by atoms with Crippen molar-refractivity contribution in [2.45, 2.75) is 25.3 Å². The molecule has 0 aliphatic carbocycles. The van der Waals surface area contributed by atoms with Crippen LogP contribution < -0.4 is 9.47 Å². The van der Waals surface area contributed by atoms with Crippen LogP contribution in [-0.2, 0) is 4.79 Å². The van der Waals surface area contributed by atoms with Crippen LogP contribution in [0, 0.1) is 5.82 Å². The number of halogens is 1. The number of hydrogen-bond acceptors (Lipinski definition) is 4. The molecule has 0 N–H and O–H groups in total. The van der Waals surface area contributed by atoms with Crippen molar-refractivity contribution in [2.75, 3.05) is 19.8 Å².